The maximum atomic E-state index is 9.22. The summed E-state index contributed by atoms with van der Waals surface area (Å²) >= 11 is 0. The number of hydrogen-bond donors (Lipinski definition) is 0. The fourth-order valence-corrected chi connectivity index (χ4v) is 8.91. The largest absolute Gasteiger partial charge is 0.457 e. The third kappa shape index (κ3) is 8.19. The molecule has 3 heterocycles. The molecule has 328 valence electrons. The molecule has 0 bridgehead atoms. The molecule has 0 saturated heterocycles. The molecule has 0 aliphatic rings. The van der Waals surface area contributed by atoms with Crippen LogP contribution in [0.15, 0.2) is 182 Å². The van der Waals surface area contributed by atoms with Gasteiger partial charge in [-0.15, -0.1) is 0 Å². The van der Waals surface area contributed by atoms with Crippen LogP contribution in [-0.2, 0) is 17.2 Å². The standard InChI is InChI=1S/C61H59N4O/c1-59(2,3)39-41-31-32-62-57(33-41)65-53-26-14-13-23-51(53)52-30-29-48(38-56(52)65)66-47-22-17-21-46(37-47)63-40-64(55-28-16-15-27-54(55)63)58-49(42-19-11-10-12-20-42)24-18-25-50(58)43-34-44(60(4,5)6)36-45(35-43)61(7,8)9/h10-38,40H,39H2,1-9H3/q+1/i10D,11D,12D,19D,20D,39D2. The highest BCUT2D eigenvalue weighted by Crippen LogP contribution is 2.40. The van der Waals surface area contributed by atoms with Gasteiger partial charge in [-0.1, -0.05) is 165 Å². The summed E-state index contributed by atoms with van der Waals surface area (Å²) < 4.78 is 75.5. The Morgan fingerprint density at radius 1 is 0.591 bits per heavy atom. The van der Waals surface area contributed by atoms with Crippen LogP contribution in [0.1, 0.15) is 88.6 Å². The average molecular weight is 871 g/mol. The van der Waals surface area contributed by atoms with E-state index in [9.17, 15) is 2.74 Å². The molecule has 0 aliphatic heterocycles. The first-order chi connectivity index (χ1) is 34.4. The molecule has 0 N–H and O–H groups in total. The van der Waals surface area contributed by atoms with Crippen molar-refractivity contribution in [3.8, 4) is 50.9 Å². The molecule has 0 saturated carbocycles. The van der Waals surface area contributed by atoms with Crippen molar-refractivity contribution in [1.82, 2.24) is 14.1 Å². The van der Waals surface area contributed by atoms with Crippen LogP contribution in [0.3, 0.4) is 0 Å². The van der Waals surface area contributed by atoms with Crippen LogP contribution in [0.25, 0.3) is 72.3 Å². The first-order valence-corrected chi connectivity index (χ1v) is 22.6. The van der Waals surface area contributed by atoms with E-state index in [1.165, 1.54) is 0 Å². The van der Waals surface area contributed by atoms with E-state index >= 15 is 0 Å². The summed E-state index contributed by atoms with van der Waals surface area (Å²) in [6.07, 6.45) is 2.07. The normalized spacial score (nSPS) is 14.1. The van der Waals surface area contributed by atoms with Crippen molar-refractivity contribution in [1.29, 1.82) is 0 Å². The highest BCUT2D eigenvalue weighted by atomic mass is 16.5. The number of benzene rings is 7. The van der Waals surface area contributed by atoms with Crippen LogP contribution in [0, 0.1) is 5.41 Å². The monoisotopic (exact) mass is 871 g/mol. The predicted octanol–water partition coefficient (Wildman–Crippen LogP) is 15.7. The molecule has 5 nitrogen and oxygen atoms in total. The van der Waals surface area contributed by atoms with Gasteiger partial charge in [0, 0.05) is 43.0 Å². The lowest BCUT2D eigenvalue weighted by Gasteiger charge is -2.26. The summed E-state index contributed by atoms with van der Waals surface area (Å²) in [5.41, 5.74) is 9.26. The molecule has 0 radical (unpaired) electrons. The molecule has 3 aromatic heterocycles. The summed E-state index contributed by atoms with van der Waals surface area (Å²) in [6.45, 7) is 18.9. The van der Waals surface area contributed by atoms with Crippen LogP contribution < -0.4 is 9.30 Å². The van der Waals surface area contributed by atoms with Gasteiger partial charge in [0.05, 0.1) is 17.9 Å². The second-order valence-electron chi connectivity index (χ2n) is 20.3. The maximum absolute atomic E-state index is 9.22. The van der Waals surface area contributed by atoms with Gasteiger partial charge in [0.25, 0.3) is 6.33 Å². The fraction of sp³-hybridized carbons (Fsp3) is 0.213. The zero-order chi connectivity index (χ0) is 52.1. The Balaban J connectivity index is 1.14. The van der Waals surface area contributed by atoms with Gasteiger partial charge in [-0.25, -0.2) is 4.98 Å². The maximum Gasteiger partial charge on any atom is 0.255 e. The molecule has 0 fully saturated rings. The van der Waals surface area contributed by atoms with Crippen LogP contribution in [-0.4, -0.2) is 14.1 Å². The van der Waals surface area contributed by atoms with E-state index in [1.54, 1.807) is 12.3 Å². The molecule has 0 aliphatic carbocycles. The van der Waals surface area contributed by atoms with Crippen LogP contribution >= 0.6 is 0 Å². The molecule has 5 heteroatoms. The van der Waals surface area contributed by atoms with Gasteiger partial charge in [0.15, 0.2) is 11.0 Å². The number of aromatic nitrogens is 4. The zero-order valence-electron chi connectivity index (χ0n) is 46.1. The molecular weight excluding hydrogens is 805 g/mol. The molecule has 0 spiro atoms. The van der Waals surface area contributed by atoms with Gasteiger partial charge in [0.1, 0.15) is 28.7 Å². The SMILES string of the molecule is [2H]c1c([2H])c([2H])c(-c2cccc(-c3cc(C(C)(C)C)cc(C(C)(C)C)c3)c2-[n+]2cn(-c3cccc(Oc4ccc5c6ccccc6n(-c6cc(C([2H])([2H])C(C)(C)C)ccn6)c5c4)c3)c3ccccc32)c([2H])c1[2H]. The van der Waals surface area contributed by atoms with Crippen molar-refractivity contribution < 1.29 is 18.9 Å². The quantitative estimate of drug-likeness (QED) is 0.143. The molecule has 10 rings (SSSR count). The number of nitrogens with zero attached hydrogens (tertiary/aromatic N) is 4. The second-order valence-corrected chi connectivity index (χ2v) is 20.3. The number of pyridine rings is 1. The van der Waals surface area contributed by atoms with Crippen molar-refractivity contribution in [2.75, 3.05) is 0 Å². The highest BCUT2D eigenvalue weighted by Gasteiger charge is 2.28. The molecule has 7 aromatic carbocycles. The average Bonchev–Trinajstić information content (AvgIpc) is 3.90. The summed E-state index contributed by atoms with van der Waals surface area (Å²) in [7, 11) is 0. The van der Waals surface area contributed by atoms with Gasteiger partial charge in [-0.3, -0.25) is 4.57 Å². The number of rotatable bonds is 8. The Morgan fingerprint density at radius 3 is 1.97 bits per heavy atom. The molecule has 0 unspecified atom stereocenters. The Morgan fingerprint density at radius 2 is 1.24 bits per heavy atom. The summed E-state index contributed by atoms with van der Waals surface area (Å²) in [4.78, 5) is 4.78. The van der Waals surface area contributed by atoms with E-state index in [-0.39, 0.29) is 28.5 Å². The Hall–Kier alpha value is -7.24. The van der Waals surface area contributed by atoms with E-state index in [0.717, 1.165) is 60.8 Å². The van der Waals surface area contributed by atoms with Crippen molar-refractivity contribution in [2.24, 2.45) is 5.41 Å². The van der Waals surface area contributed by atoms with E-state index in [2.05, 4.69) is 97.7 Å². The number of imidazole rings is 1. The van der Waals surface area contributed by atoms with E-state index in [4.69, 9.17) is 16.6 Å². The van der Waals surface area contributed by atoms with Crippen molar-refractivity contribution >= 4 is 32.8 Å². The topological polar surface area (TPSA) is 35.9 Å². The minimum atomic E-state index is -1.61. The van der Waals surface area contributed by atoms with Crippen LogP contribution in [0.5, 0.6) is 11.5 Å². The molecule has 0 amide bonds. The number of fused-ring (bicyclic) bond motifs is 4. The minimum Gasteiger partial charge on any atom is -0.457 e. The molecule has 66 heavy (non-hydrogen) atoms. The third-order valence-electron chi connectivity index (χ3n) is 12.1. The Labute approximate surface area is 399 Å². The number of ether oxygens (including phenoxy) is 1. The van der Waals surface area contributed by atoms with Gasteiger partial charge < -0.3 is 4.74 Å². The smallest absolute Gasteiger partial charge is 0.255 e. The minimum absolute atomic E-state index is 0.121. The molecule has 0 atom stereocenters. The molecular formula is C61H59N4O+. The van der Waals surface area contributed by atoms with E-state index in [0.29, 0.717) is 34.1 Å². The summed E-state index contributed by atoms with van der Waals surface area (Å²) in [5.74, 6) is 1.81. The predicted molar refractivity (Wildman–Crippen MR) is 275 cm³/mol. The number of hydrogen-bond acceptors (Lipinski definition) is 2. The molecule has 10 aromatic rings. The van der Waals surface area contributed by atoms with Crippen LogP contribution in [0.2, 0.25) is 0 Å². The zero-order valence-corrected chi connectivity index (χ0v) is 39.1. The van der Waals surface area contributed by atoms with E-state index < -0.39 is 29.9 Å². The third-order valence-corrected chi connectivity index (χ3v) is 12.1. The Kier molecular flexibility index (Phi) is 8.68. The van der Waals surface area contributed by atoms with Gasteiger partial charge >= 0.3 is 0 Å². The fourth-order valence-electron chi connectivity index (χ4n) is 8.91. The lowest BCUT2D eigenvalue weighted by Crippen LogP contribution is -2.31. The number of para-hydroxylation sites is 4. The lowest BCUT2D eigenvalue weighted by atomic mass is 9.78. The van der Waals surface area contributed by atoms with Crippen LogP contribution in [0.4, 0.5) is 0 Å². The summed E-state index contributed by atoms with van der Waals surface area (Å²) in [5, 5.41) is 2.05. The Bertz CT molecular complexity index is 3770. The van der Waals surface area contributed by atoms with Gasteiger partial charge in [-0.05, 0) is 105 Å². The van der Waals surface area contributed by atoms with Crippen molar-refractivity contribution in [2.45, 2.75) is 79.5 Å². The van der Waals surface area contributed by atoms with E-state index in [1.807, 2.05) is 118 Å². The van der Waals surface area contributed by atoms with Gasteiger partial charge in [-0.2, -0.15) is 9.13 Å². The lowest BCUT2D eigenvalue weighted by molar-refractivity contribution is -0.566. The van der Waals surface area contributed by atoms with Gasteiger partial charge in [0.2, 0.25) is 0 Å². The highest BCUT2D eigenvalue weighted by molar-refractivity contribution is 6.09. The first-order valence-electron chi connectivity index (χ1n) is 26.1. The second kappa shape index (κ2) is 16.3. The summed E-state index contributed by atoms with van der Waals surface area (Å²) in [6, 6.07) is 44.5. The first kappa shape index (κ1) is 35.1. The van der Waals surface area contributed by atoms with Crippen molar-refractivity contribution in [3.05, 3.63) is 199 Å². The van der Waals surface area contributed by atoms with Crippen molar-refractivity contribution in [3.63, 3.8) is 0 Å².